The van der Waals surface area contributed by atoms with Gasteiger partial charge in [-0.3, -0.25) is 0 Å². The molecule has 2 aromatic rings. The van der Waals surface area contributed by atoms with E-state index in [1.807, 2.05) is 36.0 Å². The lowest BCUT2D eigenvalue weighted by molar-refractivity contribution is 0.531. The highest BCUT2D eigenvalue weighted by atomic mass is 35.5. The summed E-state index contributed by atoms with van der Waals surface area (Å²) in [7, 11) is 0. The first-order chi connectivity index (χ1) is 8.83. The van der Waals surface area contributed by atoms with Crippen molar-refractivity contribution in [1.29, 1.82) is 0 Å². The lowest BCUT2D eigenvalue weighted by Crippen LogP contribution is -2.29. The molecule has 0 spiro atoms. The third kappa shape index (κ3) is 3.38. The number of aryl methyl sites for hydroxylation is 1. The van der Waals surface area contributed by atoms with Crippen LogP contribution in [0.2, 0.25) is 0 Å². The van der Waals surface area contributed by atoms with Crippen LogP contribution in [-0.4, -0.2) is 28.3 Å². The highest BCUT2D eigenvalue weighted by molar-refractivity contribution is 7.99. The lowest BCUT2D eigenvalue weighted by atomic mass is 10.2. The molecule has 1 aromatic heterocycles. The summed E-state index contributed by atoms with van der Waals surface area (Å²) in [5.74, 6) is 0. The fourth-order valence-electron chi connectivity index (χ4n) is 2.25. The normalized spacial score (nSPS) is 16.3. The first-order valence-electron chi connectivity index (χ1n) is 6.44. The predicted octanol–water partition coefficient (Wildman–Crippen LogP) is 3.20. The van der Waals surface area contributed by atoms with E-state index >= 15 is 0 Å². The van der Waals surface area contributed by atoms with Crippen LogP contribution in [0, 0.1) is 6.92 Å². The molecule has 0 radical (unpaired) electrons. The van der Waals surface area contributed by atoms with Crippen molar-refractivity contribution in [2.24, 2.45) is 0 Å². The monoisotopic (exact) mass is 295 g/mol. The molecule has 0 bridgehead atoms. The van der Waals surface area contributed by atoms with Gasteiger partial charge in [-0.25, -0.2) is 9.97 Å². The van der Waals surface area contributed by atoms with Crippen LogP contribution in [0.4, 0.5) is 0 Å². The summed E-state index contributed by atoms with van der Waals surface area (Å²) in [5, 5.41) is 5.17. The number of halogens is 1. The van der Waals surface area contributed by atoms with Crippen LogP contribution in [0.3, 0.4) is 0 Å². The Balaban J connectivity index is 0.00000133. The number of para-hydroxylation sites is 2. The summed E-state index contributed by atoms with van der Waals surface area (Å²) < 4.78 is 0. The molecule has 1 aliphatic heterocycles. The van der Waals surface area contributed by atoms with Gasteiger partial charge in [0.1, 0.15) is 5.03 Å². The van der Waals surface area contributed by atoms with E-state index < -0.39 is 0 Å². The summed E-state index contributed by atoms with van der Waals surface area (Å²) in [6.07, 6.45) is 2.44. The molecule has 2 heterocycles. The number of thioether (sulfide) groups is 1. The molecule has 0 aliphatic carbocycles. The molecule has 0 unspecified atom stereocenters. The van der Waals surface area contributed by atoms with Gasteiger partial charge >= 0.3 is 0 Å². The summed E-state index contributed by atoms with van der Waals surface area (Å²) in [5.41, 5.74) is 3.04. The van der Waals surface area contributed by atoms with Crippen molar-refractivity contribution in [3.05, 3.63) is 30.0 Å². The fourth-order valence-corrected chi connectivity index (χ4v) is 3.41. The van der Waals surface area contributed by atoms with Crippen LogP contribution in [-0.2, 0) is 0 Å². The molecule has 1 N–H and O–H groups in total. The standard InChI is InChI=1S/C14H17N3S.ClH/c1-10-14(18-11-6-8-15-9-7-11)17-13-5-3-2-4-12(13)16-10;/h2-5,11,15H,6-9H2,1H3;1H. The second-order valence-electron chi connectivity index (χ2n) is 4.67. The van der Waals surface area contributed by atoms with Crippen molar-refractivity contribution >= 4 is 35.2 Å². The van der Waals surface area contributed by atoms with Gasteiger partial charge in [0.25, 0.3) is 0 Å². The SMILES string of the molecule is Cc1nc2ccccc2nc1SC1CCNCC1.Cl. The molecule has 19 heavy (non-hydrogen) atoms. The Bertz CT molecular complexity index is 555. The summed E-state index contributed by atoms with van der Waals surface area (Å²) in [6, 6.07) is 8.09. The van der Waals surface area contributed by atoms with Gasteiger partial charge in [0.2, 0.25) is 0 Å². The molecule has 1 saturated heterocycles. The maximum atomic E-state index is 4.75. The van der Waals surface area contributed by atoms with Gasteiger partial charge in [-0.05, 0) is 45.0 Å². The van der Waals surface area contributed by atoms with Crippen molar-refractivity contribution in [2.75, 3.05) is 13.1 Å². The summed E-state index contributed by atoms with van der Waals surface area (Å²) in [6.45, 7) is 4.30. The van der Waals surface area contributed by atoms with Gasteiger partial charge in [0, 0.05) is 5.25 Å². The Morgan fingerprint density at radius 3 is 2.42 bits per heavy atom. The Kier molecular flexibility index (Phi) is 5.02. The number of piperidine rings is 1. The molecule has 1 aliphatic rings. The molecule has 102 valence electrons. The van der Waals surface area contributed by atoms with E-state index in [0.717, 1.165) is 34.8 Å². The highest BCUT2D eigenvalue weighted by Crippen LogP contribution is 2.29. The largest absolute Gasteiger partial charge is 0.317 e. The third-order valence-electron chi connectivity index (χ3n) is 3.27. The summed E-state index contributed by atoms with van der Waals surface area (Å²) in [4.78, 5) is 9.39. The Morgan fingerprint density at radius 2 is 1.74 bits per heavy atom. The van der Waals surface area contributed by atoms with E-state index in [1.165, 1.54) is 12.8 Å². The van der Waals surface area contributed by atoms with Crippen molar-refractivity contribution in [3.8, 4) is 0 Å². The molecule has 3 rings (SSSR count). The Morgan fingerprint density at radius 1 is 1.11 bits per heavy atom. The maximum absolute atomic E-state index is 4.75. The smallest absolute Gasteiger partial charge is 0.118 e. The lowest BCUT2D eigenvalue weighted by Gasteiger charge is -2.22. The van der Waals surface area contributed by atoms with Crippen molar-refractivity contribution in [3.63, 3.8) is 0 Å². The molecular formula is C14H18ClN3S. The van der Waals surface area contributed by atoms with Gasteiger partial charge in [-0.15, -0.1) is 24.2 Å². The topological polar surface area (TPSA) is 37.8 Å². The number of benzene rings is 1. The van der Waals surface area contributed by atoms with E-state index in [1.54, 1.807) is 0 Å². The van der Waals surface area contributed by atoms with E-state index in [9.17, 15) is 0 Å². The molecule has 0 atom stereocenters. The van der Waals surface area contributed by atoms with Gasteiger partial charge in [-0.2, -0.15) is 0 Å². The molecule has 0 saturated carbocycles. The number of fused-ring (bicyclic) bond motifs is 1. The Labute approximate surface area is 124 Å². The van der Waals surface area contributed by atoms with Crippen LogP contribution in [0.5, 0.6) is 0 Å². The summed E-state index contributed by atoms with van der Waals surface area (Å²) >= 11 is 1.89. The number of aromatic nitrogens is 2. The second kappa shape index (κ2) is 6.55. The number of nitrogens with one attached hydrogen (secondary N) is 1. The highest BCUT2D eigenvalue weighted by Gasteiger charge is 2.16. The zero-order valence-electron chi connectivity index (χ0n) is 10.9. The number of hydrogen-bond donors (Lipinski definition) is 1. The molecule has 3 nitrogen and oxygen atoms in total. The molecule has 1 fully saturated rings. The quantitative estimate of drug-likeness (QED) is 0.923. The van der Waals surface area contributed by atoms with Gasteiger partial charge < -0.3 is 5.32 Å². The van der Waals surface area contributed by atoms with Gasteiger partial charge in [0.05, 0.1) is 16.7 Å². The molecule has 0 amide bonds. The molecule has 5 heteroatoms. The second-order valence-corrected chi connectivity index (χ2v) is 5.96. The molecular weight excluding hydrogens is 278 g/mol. The van der Waals surface area contributed by atoms with Gasteiger partial charge in [0.15, 0.2) is 0 Å². The predicted molar refractivity (Wildman–Crippen MR) is 83.3 cm³/mol. The maximum Gasteiger partial charge on any atom is 0.118 e. The van der Waals surface area contributed by atoms with Crippen molar-refractivity contribution < 1.29 is 0 Å². The molecule has 1 aromatic carbocycles. The van der Waals surface area contributed by atoms with Crippen LogP contribution in [0.1, 0.15) is 18.5 Å². The van der Waals surface area contributed by atoms with Crippen molar-refractivity contribution in [1.82, 2.24) is 15.3 Å². The zero-order valence-corrected chi connectivity index (χ0v) is 12.6. The van der Waals surface area contributed by atoms with Crippen LogP contribution in [0.15, 0.2) is 29.3 Å². The first kappa shape index (κ1) is 14.6. The van der Waals surface area contributed by atoms with Crippen LogP contribution >= 0.6 is 24.2 Å². The minimum Gasteiger partial charge on any atom is -0.317 e. The Hall–Kier alpha value is -0.840. The van der Waals surface area contributed by atoms with Crippen molar-refractivity contribution in [2.45, 2.75) is 30.0 Å². The number of rotatable bonds is 2. The third-order valence-corrected chi connectivity index (χ3v) is 4.68. The van der Waals surface area contributed by atoms with Gasteiger partial charge in [-0.1, -0.05) is 12.1 Å². The van der Waals surface area contributed by atoms with E-state index in [2.05, 4.69) is 17.2 Å². The minimum atomic E-state index is 0. The van der Waals surface area contributed by atoms with E-state index in [-0.39, 0.29) is 12.4 Å². The van der Waals surface area contributed by atoms with Crippen LogP contribution in [0.25, 0.3) is 11.0 Å². The minimum absolute atomic E-state index is 0. The number of nitrogens with zero attached hydrogens (tertiary/aromatic N) is 2. The average Bonchev–Trinajstić information content (AvgIpc) is 2.41. The fraction of sp³-hybridized carbons (Fsp3) is 0.429. The van der Waals surface area contributed by atoms with Crippen LogP contribution < -0.4 is 5.32 Å². The van der Waals surface area contributed by atoms with E-state index in [4.69, 9.17) is 4.98 Å². The van der Waals surface area contributed by atoms with E-state index in [0.29, 0.717) is 5.25 Å². The first-order valence-corrected chi connectivity index (χ1v) is 7.31. The zero-order chi connectivity index (χ0) is 12.4. The number of hydrogen-bond acceptors (Lipinski definition) is 4. The average molecular weight is 296 g/mol.